The highest BCUT2D eigenvalue weighted by Crippen LogP contribution is 2.36. The summed E-state index contributed by atoms with van der Waals surface area (Å²) in [6.07, 6.45) is 1.70. The Morgan fingerprint density at radius 1 is 1.00 bits per heavy atom. The van der Waals surface area contributed by atoms with Gasteiger partial charge in [0.05, 0.1) is 18.1 Å². The monoisotopic (exact) mass is 431 g/mol. The molecule has 1 amide bonds. The number of carbonyl (C=O) groups is 1. The van der Waals surface area contributed by atoms with E-state index in [2.05, 4.69) is 22.0 Å². The first kappa shape index (κ1) is 21.0. The van der Waals surface area contributed by atoms with Crippen LogP contribution in [0.5, 0.6) is 0 Å². The van der Waals surface area contributed by atoms with Crippen LogP contribution in [0.1, 0.15) is 11.1 Å². The van der Waals surface area contributed by atoms with E-state index in [1.807, 2.05) is 74.8 Å². The minimum absolute atomic E-state index is 0.179. The standard InChI is InChI=1S/C25H25N3O2S/c1-27(2)21-13-11-19(12-14-21)18-28(22-10-6-7-15-26-22)25(29)23-24(31-17-16-30-23)20-8-4-3-5-9-20/h3-15H,16-18H2,1-2H3. The SMILES string of the molecule is CN(C)c1ccc(CN(C(=O)C2=C(c3ccccc3)SCCO2)c2ccccn2)cc1. The fourth-order valence-corrected chi connectivity index (χ4v) is 4.31. The van der Waals surface area contributed by atoms with Crippen LogP contribution in [0.15, 0.2) is 84.8 Å². The first-order valence-electron chi connectivity index (χ1n) is 10.2. The minimum atomic E-state index is -0.179. The molecule has 4 rings (SSSR count). The molecule has 0 atom stereocenters. The number of thioether (sulfide) groups is 1. The molecule has 2 heterocycles. The smallest absolute Gasteiger partial charge is 0.296 e. The van der Waals surface area contributed by atoms with Gasteiger partial charge in [0.2, 0.25) is 0 Å². The van der Waals surface area contributed by atoms with E-state index in [0.29, 0.717) is 24.7 Å². The molecule has 0 fully saturated rings. The van der Waals surface area contributed by atoms with Crippen LogP contribution in [0.2, 0.25) is 0 Å². The number of ether oxygens (including phenoxy) is 1. The largest absolute Gasteiger partial charge is 0.486 e. The molecule has 2 aromatic carbocycles. The van der Waals surface area contributed by atoms with Crippen molar-refractivity contribution in [2.75, 3.05) is 36.3 Å². The Labute approximate surface area is 187 Å². The molecule has 0 saturated heterocycles. The highest BCUT2D eigenvalue weighted by atomic mass is 32.2. The third-order valence-corrected chi connectivity index (χ3v) is 6.06. The highest BCUT2D eigenvalue weighted by Gasteiger charge is 2.29. The summed E-state index contributed by atoms with van der Waals surface area (Å²) in [4.78, 5) is 22.8. The second-order valence-corrected chi connectivity index (χ2v) is 8.47. The van der Waals surface area contributed by atoms with E-state index < -0.39 is 0 Å². The number of nitrogens with zero attached hydrogens (tertiary/aromatic N) is 3. The minimum Gasteiger partial charge on any atom is -0.486 e. The molecule has 1 aliphatic heterocycles. The Bertz CT molecular complexity index is 1050. The van der Waals surface area contributed by atoms with Crippen molar-refractivity contribution in [3.63, 3.8) is 0 Å². The second kappa shape index (κ2) is 9.71. The van der Waals surface area contributed by atoms with Gasteiger partial charge in [-0.25, -0.2) is 4.98 Å². The lowest BCUT2D eigenvalue weighted by Crippen LogP contribution is -2.34. The van der Waals surface area contributed by atoms with Crippen LogP contribution in [0.3, 0.4) is 0 Å². The Hall–Kier alpha value is -3.25. The van der Waals surface area contributed by atoms with Gasteiger partial charge in [-0.1, -0.05) is 48.5 Å². The lowest BCUT2D eigenvalue weighted by atomic mass is 10.1. The molecule has 0 spiro atoms. The zero-order valence-electron chi connectivity index (χ0n) is 17.7. The van der Waals surface area contributed by atoms with E-state index in [1.54, 1.807) is 22.9 Å². The van der Waals surface area contributed by atoms with Gasteiger partial charge >= 0.3 is 0 Å². The molecule has 0 saturated carbocycles. The molecule has 6 heteroatoms. The molecule has 1 aromatic heterocycles. The second-order valence-electron chi connectivity index (χ2n) is 7.36. The Morgan fingerprint density at radius 3 is 2.42 bits per heavy atom. The van der Waals surface area contributed by atoms with Gasteiger partial charge in [-0.05, 0) is 35.4 Å². The summed E-state index contributed by atoms with van der Waals surface area (Å²) in [7, 11) is 4.02. The van der Waals surface area contributed by atoms with E-state index >= 15 is 0 Å². The number of carbonyl (C=O) groups excluding carboxylic acids is 1. The maximum Gasteiger partial charge on any atom is 0.296 e. The third kappa shape index (κ3) is 4.91. The first-order valence-corrected chi connectivity index (χ1v) is 11.2. The van der Waals surface area contributed by atoms with Crippen LogP contribution in [0.4, 0.5) is 11.5 Å². The molecule has 158 valence electrons. The van der Waals surface area contributed by atoms with E-state index in [1.165, 1.54) is 0 Å². The van der Waals surface area contributed by atoms with Crippen molar-refractivity contribution >= 4 is 34.1 Å². The van der Waals surface area contributed by atoms with Crippen LogP contribution in [0, 0.1) is 0 Å². The van der Waals surface area contributed by atoms with E-state index in [9.17, 15) is 4.79 Å². The van der Waals surface area contributed by atoms with Crippen LogP contribution < -0.4 is 9.80 Å². The zero-order chi connectivity index (χ0) is 21.6. The molecule has 31 heavy (non-hydrogen) atoms. The van der Waals surface area contributed by atoms with Crippen molar-refractivity contribution in [1.82, 2.24) is 4.98 Å². The number of rotatable bonds is 6. The number of aromatic nitrogens is 1. The van der Waals surface area contributed by atoms with Gasteiger partial charge in [0.25, 0.3) is 5.91 Å². The quantitative estimate of drug-likeness (QED) is 0.560. The summed E-state index contributed by atoms with van der Waals surface area (Å²) in [6.45, 7) is 0.915. The molecule has 0 aliphatic carbocycles. The van der Waals surface area contributed by atoms with Crippen LogP contribution in [0.25, 0.3) is 4.91 Å². The molecule has 0 bridgehead atoms. The van der Waals surface area contributed by atoms with Gasteiger partial charge in [0, 0.05) is 31.7 Å². The summed E-state index contributed by atoms with van der Waals surface area (Å²) in [6, 6.07) is 23.7. The van der Waals surface area contributed by atoms with Crippen LogP contribution in [-0.2, 0) is 16.1 Å². The average Bonchev–Trinajstić information content (AvgIpc) is 2.83. The number of hydrogen-bond donors (Lipinski definition) is 0. The molecule has 0 radical (unpaired) electrons. The highest BCUT2D eigenvalue weighted by molar-refractivity contribution is 8.08. The predicted molar refractivity (Wildman–Crippen MR) is 128 cm³/mol. The zero-order valence-corrected chi connectivity index (χ0v) is 18.5. The molecular weight excluding hydrogens is 406 g/mol. The summed E-state index contributed by atoms with van der Waals surface area (Å²) < 4.78 is 5.93. The van der Waals surface area contributed by atoms with Crippen LogP contribution >= 0.6 is 11.8 Å². The van der Waals surface area contributed by atoms with Crippen molar-refractivity contribution in [3.8, 4) is 0 Å². The third-order valence-electron chi connectivity index (χ3n) is 4.98. The molecular formula is C25H25N3O2S. The first-order chi connectivity index (χ1) is 15.1. The Balaban J connectivity index is 1.71. The maximum atomic E-state index is 13.7. The van der Waals surface area contributed by atoms with Gasteiger partial charge in [-0.3, -0.25) is 9.69 Å². The number of hydrogen-bond acceptors (Lipinski definition) is 5. The van der Waals surface area contributed by atoms with Crippen molar-refractivity contribution in [2.45, 2.75) is 6.54 Å². The molecule has 1 aliphatic rings. The fraction of sp³-hybridized carbons (Fsp3) is 0.200. The van der Waals surface area contributed by atoms with Crippen molar-refractivity contribution in [3.05, 3.63) is 95.9 Å². The lowest BCUT2D eigenvalue weighted by molar-refractivity contribution is -0.118. The van der Waals surface area contributed by atoms with Gasteiger partial charge in [-0.15, -0.1) is 11.8 Å². The van der Waals surface area contributed by atoms with Crippen molar-refractivity contribution < 1.29 is 9.53 Å². The summed E-state index contributed by atoms with van der Waals surface area (Å²) in [5, 5.41) is 0. The van der Waals surface area contributed by atoms with Gasteiger partial charge < -0.3 is 9.64 Å². The van der Waals surface area contributed by atoms with Gasteiger partial charge in [-0.2, -0.15) is 0 Å². The topological polar surface area (TPSA) is 45.7 Å². The summed E-state index contributed by atoms with van der Waals surface area (Å²) in [5.41, 5.74) is 3.13. The normalized spacial score (nSPS) is 13.5. The van der Waals surface area contributed by atoms with E-state index in [-0.39, 0.29) is 5.91 Å². The average molecular weight is 432 g/mol. The molecule has 0 N–H and O–H groups in total. The number of benzene rings is 2. The maximum absolute atomic E-state index is 13.7. The molecule has 0 unspecified atom stereocenters. The predicted octanol–water partition coefficient (Wildman–Crippen LogP) is 4.81. The Kier molecular flexibility index (Phi) is 6.57. The van der Waals surface area contributed by atoms with Crippen molar-refractivity contribution in [2.24, 2.45) is 0 Å². The van der Waals surface area contributed by atoms with Crippen LogP contribution in [-0.4, -0.2) is 37.3 Å². The fourth-order valence-electron chi connectivity index (χ4n) is 3.36. The summed E-state index contributed by atoms with van der Waals surface area (Å²) in [5.74, 6) is 1.62. The van der Waals surface area contributed by atoms with Gasteiger partial charge in [0.1, 0.15) is 5.82 Å². The summed E-state index contributed by atoms with van der Waals surface area (Å²) >= 11 is 1.66. The van der Waals surface area contributed by atoms with E-state index in [4.69, 9.17) is 4.74 Å². The van der Waals surface area contributed by atoms with Crippen molar-refractivity contribution in [1.29, 1.82) is 0 Å². The molecule has 3 aromatic rings. The van der Waals surface area contributed by atoms with Gasteiger partial charge in [0.15, 0.2) is 5.76 Å². The molecule has 5 nitrogen and oxygen atoms in total. The number of amides is 1. The number of pyridine rings is 1. The Morgan fingerprint density at radius 2 is 1.74 bits per heavy atom. The number of anilines is 2. The lowest BCUT2D eigenvalue weighted by Gasteiger charge is -2.27. The van der Waals surface area contributed by atoms with E-state index in [0.717, 1.165) is 27.5 Å².